The van der Waals surface area contributed by atoms with E-state index in [1.165, 1.54) is 6.07 Å². The lowest BCUT2D eigenvalue weighted by Gasteiger charge is -2.00. The third-order valence-electron chi connectivity index (χ3n) is 1.79. The predicted octanol–water partition coefficient (Wildman–Crippen LogP) is 4.03. The highest BCUT2D eigenvalue weighted by atomic mass is 79.9. The van der Waals surface area contributed by atoms with Crippen LogP contribution in [0.25, 0.3) is 11.0 Å². The summed E-state index contributed by atoms with van der Waals surface area (Å²) in [5.41, 5.74) is 0.813. The normalized spacial score (nSPS) is 11.5. The molecular formula is C8H4Br2F2N2. The number of aromatic amines is 1. The Morgan fingerprint density at radius 1 is 1.29 bits per heavy atom. The fourth-order valence-corrected chi connectivity index (χ4v) is 2.11. The number of rotatable bonds is 1. The summed E-state index contributed by atoms with van der Waals surface area (Å²) in [6.45, 7) is 0. The van der Waals surface area contributed by atoms with Crippen molar-refractivity contribution in [2.24, 2.45) is 0 Å². The number of nitrogens with zero attached hydrogens (tertiary/aromatic N) is 1. The van der Waals surface area contributed by atoms with Gasteiger partial charge in [-0.25, -0.2) is 13.8 Å². The number of imidazole rings is 1. The summed E-state index contributed by atoms with van der Waals surface area (Å²) in [5, 5.41) is 0. The Kier molecular flexibility index (Phi) is 2.57. The molecule has 74 valence electrons. The van der Waals surface area contributed by atoms with Gasteiger partial charge in [0.2, 0.25) is 0 Å². The molecule has 1 N–H and O–H groups in total. The van der Waals surface area contributed by atoms with Crippen molar-refractivity contribution in [1.82, 2.24) is 9.97 Å². The summed E-state index contributed by atoms with van der Waals surface area (Å²) in [5.74, 6) is 0. The van der Waals surface area contributed by atoms with Gasteiger partial charge in [0.1, 0.15) is 0 Å². The number of nitrogens with one attached hydrogen (secondary N) is 1. The van der Waals surface area contributed by atoms with Gasteiger partial charge in [-0.2, -0.15) is 0 Å². The van der Waals surface area contributed by atoms with Gasteiger partial charge in [0, 0.05) is 10.0 Å². The average Bonchev–Trinajstić information content (AvgIpc) is 2.42. The van der Waals surface area contributed by atoms with Gasteiger partial charge in [0.05, 0.1) is 11.0 Å². The van der Waals surface area contributed by atoms with E-state index in [1.54, 1.807) is 6.07 Å². The molecule has 6 heteroatoms. The Bertz CT molecular complexity index is 481. The maximum absolute atomic E-state index is 12.6. The first-order chi connectivity index (χ1) is 6.58. The topological polar surface area (TPSA) is 28.7 Å². The monoisotopic (exact) mass is 324 g/mol. The van der Waals surface area contributed by atoms with E-state index in [0.717, 1.165) is 0 Å². The van der Waals surface area contributed by atoms with Crippen molar-refractivity contribution in [3.05, 3.63) is 26.9 Å². The fourth-order valence-electron chi connectivity index (χ4n) is 1.24. The lowest BCUT2D eigenvalue weighted by atomic mass is 10.2. The summed E-state index contributed by atoms with van der Waals surface area (Å²) in [7, 11) is 0. The van der Waals surface area contributed by atoms with E-state index in [4.69, 9.17) is 0 Å². The third-order valence-corrected chi connectivity index (χ3v) is 2.62. The van der Waals surface area contributed by atoms with Crippen LogP contribution >= 0.6 is 31.9 Å². The fraction of sp³-hybridized carbons (Fsp3) is 0.125. The smallest absolute Gasteiger partial charge is 0.266 e. The van der Waals surface area contributed by atoms with Crippen LogP contribution in [0.4, 0.5) is 8.78 Å². The number of aromatic nitrogens is 2. The van der Waals surface area contributed by atoms with Gasteiger partial charge in [-0.15, -0.1) is 0 Å². The SMILES string of the molecule is FC(F)c1cc(Br)cc2[nH]c(Br)nc12. The zero-order chi connectivity index (χ0) is 10.3. The van der Waals surface area contributed by atoms with Crippen LogP contribution in [0.2, 0.25) is 0 Å². The summed E-state index contributed by atoms with van der Waals surface area (Å²) in [6, 6.07) is 3.08. The highest BCUT2D eigenvalue weighted by molar-refractivity contribution is 9.10. The summed E-state index contributed by atoms with van der Waals surface area (Å²) in [4.78, 5) is 6.77. The largest absolute Gasteiger partial charge is 0.332 e. The van der Waals surface area contributed by atoms with E-state index >= 15 is 0 Å². The van der Waals surface area contributed by atoms with Crippen molar-refractivity contribution in [3.63, 3.8) is 0 Å². The average molecular weight is 326 g/mol. The lowest BCUT2D eigenvalue weighted by Crippen LogP contribution is -1.86. The Balaban J connectivity index is 2.79. The molecular weight excluding hydrogens is 322 g/mol. The minimum atomic E-state index is -2.52. The molecule has 0 saturated carbocycles. The second-order valence-corrected chi connectivity index (χ2v) is 4.39. The van der Waals surface area contributed by atoms with Crippen molar-refractivity contribution in [1.29, 1.82) is 0 Å². The van der Waals surface area contributed by atoms with Crippen LogP contribution in [0, 0.1) is 0 Å². The van der Waals surface area contributed by atoms with Gasteiger partial charge in [0.15, 0.2) is 4.73 Å². The number of halogens is 4. The van der Waals surface area contributed by atoms with E-state index in [2.05, 4.69) is 41.8 Å². The number of alkyl halides is 2. The number of fused-ring (bicyclic) bond motifs is 1. The van der Waals surface area contributed by atoms with Gasteiger partial charge in [-0.3, -0.25) is 0 Å². The van der Waals surface area contributed by atoms with Crippen LogP contribution in [0.1, 0.15) is 12.0 Å². The zero-order valence-electron chi connectivity index (χ0n) is 6.69. The van der Waals surface area contributed by atoms with Gasteiger partial charge in [-0.05, 0) is 28.1 Å². The molecule has 0 fully saturated rings. The molecule has 2 nitrogen and oxygen atoms in total. The number of hydrogen-bond acceptors (Lipinski definition) is 1. The molecule has 1 heterocycles. The second kappa shape index (κ2) is 3.58. The molecule has 2 aromatic rings. The molecule has 0 spiro atoms. The third kappa shape index (κ3) is 1.68. The molecule has 2 rings (SSSR count). The predicted molar refractivity (Wildman–Crippen MR) is 56.5 cm³/mol. The quantitative estimate of drug-likeness (QED) is 0.842. The van der Waals surface area contributed by atoms with Gasteiger partial charge < -0.3 is 4.98 Å². The van der Waals surface area contributed by atoms with Crippen LogP contribution in [-0.2, 0) is 0 Å². The van der Waals surface area contributed by atoms with Crippen LogP contribution in [-0.4, -0.2) is 9.97 Å². The van der Waals surface area contributed by atoms with Crippen molar-refractivity contribution >= 4 is 42.9 Å². The molecule has 0 aliphatic heterocycles. The van der Waals surface area contributed by atoms with Gasteiger partial charge in [0.25, 0.3) is 6.43 Å². The first kappa shape index (κ1) is 10.0. The summed E-state index contributed by atoms with van der Waals surface area (Å²) >= 11 is 6.27. The zero-order valence-corrected chi connectivity index (χ0v) is 9.86. The Hall–Kier alpha value is -0.490. The highest BCUT2D eigenvalue weighted by Crippen LogP contribution is 2.30. The molecule has 1 aromatic carbocycles. The number of H-pyrrole nitrogens is 1. The van der Waals surface area contributed by atoms with E-state index in [9.17, 15) is 8.78 Å². The summed E-state index contributed by atoms with van der Waals surface area (Å²) < 4.78 is 26.3. The molecule has 0 atom stereocenters. The molecule has 0 amide bonds. The Labute approximate surface area is 95.0 Å². The van der Waals surface area contributed by atoms with E-state index < -0.39 is 6.43 Å². The lowest BCUT2D eigenvalue weighted by molar-refractivity contribution is 0.153. The van der Waals surface area contributed by atoms with Crippen LogP contribution in [0.5, 0.6) is 0 Å². The highest BCUT2D eigenvalue weighted by Gasteiger charge is 2.15. The molecule has 0 bridgehead atoms. The standard InChI is InChI=1S/C8H4Br2F2N2/c9-3-1-4(7(11)12)6-5(2-3)13-8(10)14-6/h1-2,7H,(H,13,14). The van der Waals surface area contributed by atoms with Crippen LogP contribution in [0.3, 0.4) is 0 Å². The minimum absolute atomic E-state index is 0.0728. The van der Waals surface area contributed by atoms with E-state index in [1.807, 2.05) is 0 Å². The maximum Gasteiger partial charge on any atom is 0.266 e. The van der Waals surface area contributed by atoms with E-state index in [0.29, 0.717) is 20.2 Å². The molecule has 14 heavy (non-hydrogen) atoms. The number of hydrogen-bond donors (Lipinski definition) is 1. The van der Waals surface area contributed by atoms with Crippen molar-refractivity contribution in [3.8, 4) is 0 Å². The molecule has 1 aromatic heterocycles. The maximum atomic E-state index is 12.6. The van der Waals surface area contributed by atoms with E-state index in [-0.39, 0.29) is 5.56 Å². The molecule has 0 aliphatic rings. The summed E-state index contributed by atoms with van der Waals surface area (Å²) in [6.07, 6.45) is -2.52. The van der Waals surface area contributed by atoms with Gasteiger partial charge >= 0.3 is 0 Å². The van der Waals surface area contributed by atoms with Crippen molar-refractivity contribution in [2.75, 3.05) is 0 Å². The van der Waals surface area contributed by atoms with Gasteiger partial charge in [-0.1, -0.05) is 15.9 Å². The minimum Gasteiger partial charge on any atom is -0.332 e. The number of benzene rings is 1. The molecule has 0 aliphatic carbocycles. The molecule has 0 saturated heterocycles. The second-order valence-electron chi connectivity index (χ2n) is 2.72. The molecule has 0 unspecified atom stereocenters. The van der Waals surface area contributed by atoms with Crippen LogP contribution in [0.15, 0.2) is 21.3 Å². The van der Waals surface area contributed by atoms with Crippen LogP contribution < -0.4 is 0 Å². The Morgan fingerprint density at radius 3 is 2.64 bits per heavy atom. The molecule has 0 radical (unpaired) electrons. The first-order valence-electron chi connectivity index (χ1n) is 3.70. The Morgan fingerprint density at radius 2 is 2.00 bits per heavy atom. The first-order valence-corrected chi connectivity index (χ1v) is 5.29. The van der Waals surface area contributed by atoms with Crippen molar-refractivity contribution in [2.45, 2.75) is 6.43 Å². The van der Waals surface area contributed by atoms with Crippen molar-refractivity contribution < 1.29 is 8.78 Å².